The van der Waals surface area contributed by atoms with E-state index in [9.17, 15) is 0 Å². The summed E-state index contributed by atoms with van der Waals surface area (Å²) >= 11 is 0. The quantitative estimate of drug-likeness (QED) is 0.696. The molecule has 1 heterocycles. The van der Waals surface area contributed by atoms with Gasteiger partial charge in [-0.1, -0.05) is 0 Å². The Morgan fingerprint density at radius 3 is 2.21 bits per heavy atom. The molecule has 1 aromatic heterocycles. The summed E-state index contributed by atoms with van der Waals surface area (Å²) in [4.78, 5) is 8.02. The molecule has 0 spiro atoms. The molecule has 0 amide bonds. The average molecular weight is 334 g/mol. The van der Waals surface area contributed by atoms with Crippen molar-refractivity contribution in [2.45, 2.75) is 6.10 Å². The van der Waals surface area contributed by atoms with Gasteiger partial charge >= 0.3 is 0 Å². The van der Waals surface area contributed by atoms with Crippen LogP contribution in [0.1, 0.15) is 17.2 Å². The molecule has 0 aliphatic rings. The van der Waals surface area contributed by atoms with Crippen LogP contribution < -0.4 is 20.9 Å². The molecule has 0 fully saturated rings. The van der Waals surface area contributed by atoms with E-state index in [2.05, 4.69) is 9.97 Å². The molecule has 2 aromatic rings. The number of anilines is 2. The number of benzene rings is 1. The minimum atomic E-state index is -0.509. The molecule has 8 heteroatoms. The van der Waals surface area contributed by atoms with Crippen LogP contribution in [0, 0.1) is 0 Å². The van der Waals surface area contributed by atoms with E-state index in [0.29, 0.717) is 30.3 Å². The second-order valence-corrected chi connectivity index (χ2v) is 4.96. The first-order valence-corrected chi connectivity index (χ1v) is 7.30. The molecule has 0 aliphatic carbocycles. The monoisotopic (exact) mass is 334 g/mol. The largest absolute Gasteiger partial charge is 0.497 e. The fourth-order valence-electron chi connectivity index (χ4n) is 2.22. The lowest BCUT2D eigenvalue weighted by Crippen LogP contribution is -2.14. The molecule has 0 bridgehead atoms. The topological polar surface area (TPSA) is 115 Å². The van der Waals surface area contributed by atoms with Gasteiger partial charge in [-0.3, -0.25) is 0 Å². The SMILES string of the molecule is COCCOC(c1cc(OC)cc(OC)c1)c1cnc(N)nc1N. The van der Waals surface area contributed by atoms with Crippen molar-refractivity contribution in [3.8, 4) is 11.5 Å². The molecule has 0 saturated heterocycles. The van der Waals surface area contributed by atoms with Crippen molar-refractivity contribution in [2.75, 3.05) is 46.0 Å². The lowest BCUT2D eigenvalue weighted by molar-refractivity contribution is 0.0355. The third-order valence-electron chi connectivity index (χ3n) is 3.40. The maximum Gasteiger partial charge on any atom is 0.221 e. The molecule has 1 aromatic carbocycles. The molecule has 8 nitrogen and oxygen atoms in total. The Balaban J connectivity index is 2.45. The van der Waals surface area contributed by atoms with Gasteiger partial charge in [0.1, 0.15) is 23.4 Å². The third kappa shape index (κ3) is 4.24. The van der Waals surface area contributed by atoms with Gasteiger partial charge < -0.3 is 30.4 Å². The van der Waals surface area contributed by atoms with Gasteiger partial charge in [0.25, 0.3) is 0 Å². The molecule has 1 unspecified atom stereocenters. The average Bonchev–Trinajstić information content (AvgIpc) is 2.59. The molecule has 24 heavy (non-hydrogen) atoms. The molecule has 2 rings (SSSR count). The smallest absolute Gasteiger partial charge is 0.221 e. The standard InChI is InChI=1S/C16H22N4O4/c1-21-4-5-24-14(13-9-19-16(18)20-15(13)17)10-6-11(22-2)8-12(7-10)23-3/h6-9,14H,4-5H2,1-3H3,(H4,17,18,19,20). The zero-order valence-electron chi connectivity index (χ0n) is 14.0. The summed E-state index contributed by atoms with van der Waals surface area (Å²) < 4.78 is 21.6. The first kappa shape index (κ1) is 17.8. The van der Waals surface area contributed by atoms with Crippen LogP contribution >= 0.6 is 0 Å². The highest BCUT2D eigenvalue weighted by Crippen LogP contribution is 2.34. The zero-order chi connectivity index (χ0) is 17.5. The predicted octanol–water partition coefficient (Wildman–Crippen LogP) is 1.41. The van der Waals surface area contributed by atoms with Crippen LogP contribution in [0.25, 0.3) is 0 Å². The highest BCUT2D eigenvalue weighted by molar-refractivity contribution is 5.49. The van der Waals surface area contributed by atoms with Gasteiger partial charge in [0.05, 0.1) is 27.4 Å². The van der Waals surface area contributed by atoms with Gasteiger partial charge in [-0.2, -0.15) is 4.98 Å². The number of nitrogens with two attached hydrogens (primary N) is 2. The van der Waals surface area contributed by atoms with Crippen molar-refractivity contribution in [3.05, 3.63) is 35.5 Å². The number of hydrogen-bond donors (Lipinski definition) is 2. The minimum Gasteiger partial charge on any atom is -0.497 e. The highest BCUT2D eigenvalue weighted by atomic mass is 16.5. The highest BCUT2D eigenvalue weighted by Gasteiger charge is 2.21. The van der Waals surface area contributed by atoms with E-state index in [-0.39, 0.29) is 11.8 Å². The van der Waals surface area contributed by atoms with E-state index in [1.54, 1.807) is 33.6 Å². The second-order valence-electron chi connectivity index (χ2n) is 4.96. The second kappa shape index (κ2) is 8.32. The summed E-state index contributed by atoms with van der Waals surface area (Å²) in [7, 11) is 4.77. The molecule has 130 valence electrons. The first-order valence-electron chi connectivity index (χ1n) is 7.30. The molecule has 0 radical (unpaired) electrons. The minimum absolute atomic E-state index is 0.107. The van der Waals surface area contributed by atoms with Gasteiger partial charge in [0, 0.05) is 24.9 Å². The molecule has 0 saturated carbocycles. The van der Waals surface area contributed by atoms with E-state index in [1.807, 2.05) is 12.1 Å². The van der Waals surface area contributed by atoms with Gasteiger partial charge in [-0.05, 0) is 17.7 Å². The lowest BCUT2D eigenvalue weighted by Gasteiger charge is -2.21. The Kier molecular flexibility index (Phi) is 6.16. The Bertz CT molecular complexity index is 659. The van der Waals surface area contributed by atoms with Crippen LogP contribution in [0.15, 0.2) is 24.4 Å². The van der Waals surface area contributed by atoms with Crippen LogP contribution in [0.3, 0.4) is 0 Å². The van der Waals surface area contributed by atoms with E-state index in [0.717, 1.165) is 5.56 Å². The fourth-order valence-corrected chi connectivity index (χ4v) is 2.22. The Hall–Kier alpha value is -2.58. The number of rotatable bonds is 8. The lowest BCUT2D eigenvalue weighted by atomic mass is 10.0. The van der Waals surface area contributed by atoms with Gasteiger partial charge in [0.15, 0.2) is 0 Å². The summed E-state index contributed by atoms with van der Waals surface area (Å²) in [5.74, 6) is 1.64. The number of nitrogen functional groups attached to an aromatic ring is 2. The molecule has 0 aliphatic heterocycles. The van der Waals surface area contributed by atoms with E-state index in [1.165, 1.54) is 0 Å². The predicted molar refractivity (Wildman–Crippen MR) is 90.1 cm³/mol. The summed E-state index contributed by atoms with van der Waals surface area (Å²) in [6.45, 7) is 0.803. The van der Waals surface area contributed by atoms with Crippen LogP contribution in [0.5, 0.6) is 11.5 Å². The summed E-state index contributed by atoms with van der Waals surface area (Å²) in [6, 6.07) is 5.46. The van der Waals surface area contributed by atoms with Crippen molar-refractivity contribution in [1.82, 2.24) is 9.97 Å². The summed E-state index contributed by atoms with van der Waals surface area (Å²) in [5.41, 5.74) is 13.0. The summed E-state index contributed by atoms with van der Waals surface area (Å²) in [5, 5.41) is 0. The molecule has 4 N–H and O–H groups in total. The van der Waals surface area contributed by atoms with Crippen molar-refractivity contribution < 1.29 is 18.9 Å². The number of aromatic nitrogens is 2. The van der Waals surface area contributed by atoms with Crippen molar-refractivity contribution in [1.29, 1.82) is 0 Å². The van der Waals surface area contributed by atoms with E-state index < -0.39 is 6.10 Å². The zero-order valence-corrected chi connectivity index (χ0v) is 14.0. The Labute approximate surface area is 140 Å². The van der Waals surface area contributed by atoms with Crippen molar-refractivity contribution in [3.63, 3.8) is 0 Å². The molecular formula is C16H22N4O4. The van der Waals surface area contributed by atoms with Crippen molar-refractivity contribution in [2.24, 2.45) is 0 Å². The van der Waals surface area contributed by atoms with Gasteiger partial charge in [0.2, 0.25) is 5.95 Å². The van der Waals surface area contributed by atoms with Crippen LogP contribution in [0.2, 0.25) is 0 Å². The van der Waals surface area contributed by atoms with Crippen LogP contribution in [-0.2, 0) is 9.47 Å². The maximum atomic E-state index is 6.00. The summed E-state index contributed by atoms with van der Waals surface area (Å²) in [6.07, 6.45) is 1.05. The maximum absolute atomic E-state index is 6.00. The molecule has 1 atom stereocenters. The van der Waals surface area contributed by atoms with Gasteiger partial charge in [-0.25, -0.2) is 4.98 Å². The van der Waals surface area contributed by atoms with E-state index in [4.69, 9.17) is 30.4 Å². The fraction of sp³-hybridized carbons (Fsp3) is 0.375. The number of ether oxygens (including phenoxy) is 4. The van der Waals surface area contributed by atoms with Crippen molar-refractivity contribution >= 4 is 11.8 Å². The normalized spacial score (nSPS) is 12.0. The number of hydrogen-bond acceptors (Lipinski definition) is 8. The number of methoxy groups -OCH3 is 3. The Morgan fingerprint density at radius 1 is 1.00 bits per heavy atom. The Morgan fingerprint density at radius 2 is 1.67 bits per heavy atom. The van der Waals surface area contributed by atoms with Gasteiger partial charge in [-0.15, -0.1) is 0 Å². The number of nitrogens with zero attached hydrogens (tertiary/aromatic N) is 2. The molecular weight excluding hydrogens is 312 g/mol. The van der Waals surface area contributed by atoms with E-state index >= 15 is 0 Å². The van der Waals surface area contributed by atoms with Crippen LogP contribution in [-0.4, -0.2) is 44.5 Å². The van der Waals surface area contributed by atoms with Crippen LogP contribution in [0.4, 0.5) is 11.8 Å². The first-order chi connectivity index (χ1) is 11.6. The third-order valence-corrected chi connectivity index (χ3v) is 3.40.